The average molecular weight is 369 g/mol. The molecule has 3 aromatic rings. The molecule has 0 aliphatic rings. The number of hydrogen-bond donors (Lipinski definition) is 1. The quantitative estimate of drug-likeness (QED) is 0.692. The molecule has 0 aliphatic heterocycles. The molecular formula is C19H17F2N5O. The van der Waals surface area contributed by atoms with Gasteiger partial charge in [0.15, 0.2) is 11.5 Å². The van der Waals surface area contributed by atoms with Crippen LogP contribution in [0.5, 0.6) is 0 Å². The number of pyridine rings is 1. The molecule has 1 aromatic carbocycles. The number of halogens is 2. The maximum Gasteiger partial charge on any atom is 0.162 e. The van der Waals surface area contributed by atoms with Crippen molar-refractivity contribution >= 4 is 5.65 Å². The van der Waals surface area contributed by atoms with Crippen molar-refractivity contribution in [2.75, 3.05) is 6.61 Å². The van der Waals surface area contributed by atoms with Crippen LogP contribution in [0.15, 0.2) is 48.8 Å². The standard InChI is InChI=1S/C19H17F2N5O/c1-12(2)23-17(11-27-10-14-15(20)4-3-5-16(14)21)19-25-24-18-7-6-13(8-22)9-26(18)19/h3-7,9,17,23H,1,10-11H2,2H3. The summed E-state index contributed by atoms with van der Waals surface area (Å²) in [5.74, 6) is -0.823. The Morgan fingerprint density at radius 1 is 1.30 bits per heavy atom. The molecule has 0 amide bonds. The van der Waals surface area contributed by atoms with Gasteiger partial charge in [0.25, 0.3) is 0 Å². The summed E-state index contributed by atoms with van der Waals surface area (Å²) in [6.07, 6.45) is 1.62. The van der Waals surface area contributed by atoms with Crippen LogP contribution in [0.25, 0.3) is 5.65 Å². The number of nitrogens with zero attached hydrogens (tertiary/aromatic N) is 4. The average Bonchev–Trinajstić information content (AvgIpc) is 3.05. The number of nitriles is 1. The Labute approximate surface area is 154 Å². The third kappa shape index (κ3) is 4.10. The van der Waals surface area contributed by atoms with Crippen LogP contribution >= 0.6 is 0 Å². The van der Waals surface area contributed by atoms with Crippen LogP contribution in [0.1, 0.15) is 29.9 Å². The van der Waals surface area contributed by atoms with E-state index in [1.54, 1.807) is 29.7 Å². The molecule has 2 heterocycles. The molecule has 0 radical (unpaired) electrons. The van der Waals surface area contributed by atoms with E-state index in [0.717, 1.165) is 0 Å². The van der Waals surface area contributed by atoms with Gasteiger partial charge < -0.3 is 10.1 Å². The minimum atomic E-state index is -0.661. The number of rotatable bonds is 7. The van der Waals surface area contributed by atoms with Gasteiger partial charge >= 0.3 is 0 Å². The Balaban J connectivity index is 1.82. The van der Waals surface area contributed by atoms with E-state index in [2.05, 4.69) is 28.2 Å². The van der Waals surface area contributed by atoms with Crippen LogP contribution in [0.3, 0.4) is 0 Å². The lowest BCUT2D eigenvalue weighted by atomic mass is 10.2. The lowest BCUT2D eigenvalue weighted by Gasteiger charge is -2.19. The Hall–Kier alpha value is -3.31. The SMILES string of the molecule is C=C(C)NC(COCc1c(F)cccc1F)c1nnc2ccc(C#N)cn12. The first-order chi connectivity index (χ1) is 13.0. The maximum absolute atomic E-state index is 13.7. The zero-order valence-corrected chi connectivity index (χ0v) is 14.6. The van der Waals surface area contributed by atoms with Crippen molar-refractivity contribution in [2.24, 2.45) is 0 Å². The van der Waals surface area contributed by atoms with E-state index in [0.29, 0.717) is 22.7 Å². The van der Waals surface area contributed by atoms with Gasteiger partial charge in [-0.15, -0.1) is 10.2 Å². The lowest BCUT2D eigenvalue weighted by molar-refractivity contribution is 0.0946. The summed E-state index contributed by atoms with van der Waals surface area (Å²) in [6.45, 7) is 5.43. The first-order valence-corrected chi connectivity index (χ1v) is 8.17. The molecule has 0 fully saturated rings. The highest BCUT2D eigenvalue weighted by molar-refractivity contribution is 5.43. The van der Waals surface area contributed by atoms with E-state index in [4.69, 9.17) is 10.00 Å². The molecule has 138 valence electrons. The van der Waals surface area contributed by atoms with Gasteiger partial charge in [0.1, 0.15) is 23.7 Å². The second kappa shape index (κ2) is 7.93. The van der Waals surface area contributed by atoms with Gasteiger partial charge in [0.2, 0.25) is 0 Å². The number of nitrogens with one attached hydrogen (secondary N) is 1. The van der Waals surface area contributed by atoms with Crippen LogP contribution in [0, 0.1) is 23.0 Å². The predicted octanol–water partition coefficient (Wildman–Crippen LogP) is 3.26. The second-order valence-corrected chi connectivity index (χ2v) is 6.01. The molecule has 6 nitrogen and oxygen atoms in total. The van der Waals surface area contributed by atoms with Crippen molar-refractivity contribution in [1.29, 1.82) is 5.26 Å². The summed E-state index contributed by atoms with van der Waals surface area (Å²) >= 11 is 0. The molecule has 0 aliphatic carbocycles. The molecule has 1 unspecified atom stereocenters. The number of allylic oxidation sites excluding steroid dienone is 1. The smallest absolute Gasteiger partial charge is 0.162 e. The van der Waals surface area contributed by atoms with Crippen molar-refractivity contribution in [2.45, 2.75) is 19.6 Å². The minimum absolute atomic E-state index is 0.0677. The molecule has 0 bridgehead atoms. The fraction of sp³-hybridized carbons (Fsp3) is 0.211. The van der Waals surface area contributed by atoms with Gasteiger partial charge in [0.05, 0.1) is 18.8 Å². The lowest BCUT2D eigenvalue weighted by Crippen LogP contribution is -2.26. The molecule has 2 aromatic heterocycles. The van der Waals surface area contributed by atoms with Crippen molar-refractivity contribution < 1.29 is 13.5 Å². The molecule has 0 saturated heterocycles. The van der Waals surface area contributed by atoms with E-state index in [-0.39, 0.29) is 18.8 Å². The number of benzene rings is 1. The van der Waals surface area contributed by atoms with Crippen molar-refractivity contribution in [3.05, 3.63) is 77.4 Å². The highest BCUT2D eigenvalue weighted by Gasteiger charge is 2.19. The molecule has 1 atom stereocenters. The first kappa shape index (κ1) is 18.5. The van der Waals surface area contributed by atoms with Gasteiger partial charge in [-0.25, -0.2) is 8.78 Å². The van der Waals surface area contributed by atoms with Gasteiger partial charge in [-0.1, -0.05) is 12.6 Å². The van der Waals surface area contributed by atoms with Crippen LogP contribution in [0.4, 0.5) is 8.78 Å². The van der Waals surface area contributed by atoms with Crippen LogP contribution in [-0.4, -0.2) is 21.2 Å². The molecule has 8 heteroatoms. The molecule has 3 rings (SSSR count). The second-order valence-electron chi connectivity index (χ2n) is 6.01. The highest BCUT2D eigenvalue weighted by Crippen LogP contribution is 2.18. The first-order valence-electron chi connectivity index (χ1n) is 8.17. The fourth-order valence-corrected chi connectivity index (χ4v) is 2.64. The Kier molecular flexibility index (Phi) is 5.43. The number of hydrogen-bond acceptors (Lipinski definition) is 5. The third-order valence-electron chi connectivity index (χ3n) is 3.88. The normalized spacial score (nSPS) is 11.9. The van der Waals surface area contributed by atoms with Gasteiger partial charge in [-0.05, 0) is 31.2 Å². The van der Waals surface area contributed by atoms with Gasteiger partial charge in [0, 0.05) is 17.5 Å². The Bertz CT molecular complexity index is 1000. The summed E-state index contributed by atoms with van der Waals surface area (Å²) in [6, 6.07) is 8.58. The zero-order chi connectivity index (χ0) is 19.4. The summed E-state index contributed by atoms with van der Waals surface area (Å²) < 4.78 is 34.7. The van der Waals surface area contributed by atoms with Gasteiger partial charge in [-0.3, -0.25) is 4.40 Å². The zero-order valence-electron chi connectivity index (χ0n) is 14.6. The third-order valence-corrected chi connectivity index (χ3v) is 3.88. The van der Waals surface area contributed by atoms with E-state index in [9.17, 15) is 8.78 Å². The van der Waals surface area contributed by atoms with Crippen LogP contribution in [-0.2, 0) is 11.3 Å². The predicted molar refractivity (Wildman–Crippen MR) is 94.4 cm³/mol. The number of ether oxygens (including phenoxy) is 1. The van der Waals surface area contributed by atoms with Crippen molar-refractivity contribution in [3.8, 4) is 6.07 Å². The molecule has 1 N–H and O–H groups in total. The highest BCUT2D eigenvalue weighted by atomic mass is 19.1. The van der Waals surface area contributed by atoms with Crippen molar-refractivity contribution in [3.63, 3.8) is 0 Å². The van der Waals surface area contributed by atoms with Crippen LogP contribution < -0.4 is 5.32 Å². The maximum atomic E-state index is 13.7. The van der Waals surface area contributed by atoms with E-state index >= 15 is 0 Å². The summed E-state index contributed by atoms with van der Waals surface area (Å²) in [7, 11) is 0. The summed E-state index contributed by atoms with van der Waals surface area (Å²) in [5.41, 5.74) is 1.54. The molecular weight excluding hydrogens is 352 g/mol. The van der Waals surface area contributed by atoms with Crippen molar-refractivity contribution in [1.82, 2.24) is 19.9 Å². The summed E-state index contributed by atoms with van der Waals surface area (Å²) in [4.78, 5) is 0. The van der Waals surface area contributed by atoms with Crippen LogP contribution in [0.2, 0.25) is 0 Å². The minimum Gasteiger partial charge on any atom is -0.377 e. The van der Waals surface area contributed by atoms with E-state index in [1.807, 2.05) is 0 Å². The van der Waals surface area contributed by atoms with E-state index < -0.39 is 17.7 Å². The largest absolute Gasteiger partial charge is 0.377 e. The topological polar surface area (TPSA) is 75.2 Å². The van der Waals surface area contributed by atoms with Gasteiger partial charge in [-0.2, -0.15) is 5.26 Å². The monoisotopic (exact) mass is 369 g/mol. The summed E-state index contributed by atoms with van der Waals surface area (Å²) in [5, 5.41) is 20.4. The number of aromatic nitrogens is 3. The number of fused-ring (bicyclic) bond motifs is 1. The molecule has 0 spiro atoms. The fourth-order valence-electron chi connectivity index (χ4n) is 2.64. The molecule has 27 heavy (non-hydrogen) atoms. The molecule has 0 saturated carbocycles. The van der Waals surface area contributed by atoms with E-state index in [1.165, 1.54) is 18.2 Å². The Morgan fingerprint density at radius 2 is 2.04 bits per heavy atom. The Morgan fingerprint density at radius 3 is 2.70 bits per heavy atom.